The molecule has 1 aromatic heterocycles. The minimum atomic E-state index is -1.12. The number of allylic oxidation sites excluding steroid dienone is 2. The molecule has 0 fully saturated rings. The maximum atomic E-state index is 10.9. The van der Waals surface area contributed by atoms with Gasteiger partial charge in [-0.15, -0.1) is 0 Å². The van der Waals surface area contributed by atoms with E-state index in [2.05, 4.69) is 29.0 Å². The van der Waals surface area contributed by atoms with Crippen molar-refractivity contribution in [2.24, 2.45) is 11.8 Å². The largest absolute Gasteiger partial charge is 0.476 e. The zero-order valence-corrected chi connectivity index (χ0v) is 10.2. The van der Waals surface area contributed by atoms with Gasteiger partial charge in [-0.2, -0.15) is 0 Å². The van der Waals surface area contributed by atoms with Crippen LogP contribution >= 0.6 is 0 Å². The monoisotopic (exact) mass is 248 g/mol. The van der Waals surface area contributed by atoms with Gasteiger partial charge in [-0.05, 0) is 24.7 Å². The second-order valence-electron chi connectivity index (χ2n) is 4.51. The molecule has 2 atom stereocenters. The summed E-state index contributed by atoms with van der Waals surface area (Å²) in [6.07, 6.45) is 9.10. The minimum absolute atomic E-state index is 0.103. The molecule has 18 heavy (non-hydrogen) atoms. The van der Waals surface area contributed by atoms with E-state index in [1.807, 2.05) is 0 Å². The third-order valence-corrected chi connectivity index (χ3v) is 3.22. The van der Waals surface area contributed by atoms with E-state index in [0.29, 0.717) is 18.4 Å². The summed E-state index contributed by atoms with van der Waals surface area (Å²) in [5.41, 5.74) is -0.128. The van der Waals surface area contributed by atoms with Gasteiger partial charge in [0.05, 0.1) is 6.61 Å². The van der Waals surface area contributed by atoms with Crippen LogP contribution in [0.15, 0.2) is 24.5 Å². The van der Waals surface area contributed by atoms with Crippen LogP contribution in [0.25, 0.3) is 0 Å². The number of ether oxygens (including phenoxy) is 1. The summed E-state index contributed by atoms with van der Waals surface area (Å²) in [5.74, 6) is -0.0694. The first-order valence-corrected chi connectivity index (χ1v) is 6.00. The lowest BCUT2D eigenvalue weighted by atomic mass is 9.85. The molecule has 0 saturated carbocycles. The van der Waals surface area contributed by atoms with Crippen LogP contribution in [0.4, 0.5) is 0 Å². The molecule has 0 spiro atoms. The highest BCUT2D eigenvalue weighted by Gasteiger charge is 2.21. The van der Waals surface area contributed by atoms with Crippen LogP contribution in [0, 0.1) is 11.8 Å². The molecule has 1 aliphatic rings. The standard InChI is InChI=1S/C13H16N2O3/c1-9-4-2-3-5-10(9)8-18-12-11(13(16)17)14-6-7-15-12/h2-3,6-7,9-10H,4-5,8H2,1H3,(H,16,17). The normalized spacial score (nSPS) is 22.7. The number of carbonyl (C=O) groups is 1. The summed E-state index contributed by atoms with van der Waals surface area (Å²) in [6.45, 7) is 2.65. The van der Waals surface area contributed by atoms with Crippen molar-refractivity contribution in [2.75, 3.05) is 6.61 Å². The Hall–Kier alpha value is -1.91. The van der Waals surface area contributed by atoms with E-state index in [0.717, 1.165) is 12.8 Å². The molecular weight excluding hydrogens is 232 g/mol. The van der Waals surface area contributed by atoms with Gasteiger partial charge in [0.2, 0.25) is 11.6 Å². The summed E-state index contributed by atoms with van der Waals surface area (Å²) in [5, 5.41) is 8.96. The number of nitrogens with zero attached hydrogens (tertiary/aromatic N) is 2. The number of aromatic carboxylic acids is 1. The van der Waals surface area contributed by atoms with E-state index in [1.165, 1.54) is 12.4 Å². The molecule has 1 aromatic rings. The van der Waals surface area contributed by atoms with Crippen molar-refractivity contribution >= 4 is 5.97 Å². The van der Waals surface area contributed by atoms with Gasteiger partial charge in [-0.1, -0.05) is 19.1 Å². The lowest BCUT2D eigenvalue weighted by molar-refractivity contribution is 0.0681. The average molecular weight is 248 g/mol. The fourth-order valence-electron chi connectivity index (χ4n) is 2.00. The fourth-order valence-corrected chi connectivity index (χ4v) is 2.00. The highest BCUT2D eigenvalue weighted by Crippen LogP contribution is 2.25. The third kappa shape index (κ3) is 2.85. The molecule has 2 rings (SSSR count). The Bertz CT molecular complexity index is 459. The van der Waals surface area contributed by atoms with Crippen LogP contribution in [0.1, 0.15) is 30.3 Å². The van der Waals surface area contributed by atoms with Crippen molar-refractivity contribution in [3.8, 4) is 5.88 Å². The molecule has 0 aliphatic heterocycles. The first-order valence-electron chi connectivity index (χ1n) is 6.00. The average Bonchev–Trinajstić information content (AvgIpc) is 2.38. The molecule has 5 nitrogen and oxygen atoms in total. The molecule has 0 bridgehead atoms. The lowest BCUT2D eigenvalue weighted by Crippen LogP contribution is -2.22. The van der Waals surface area contributed by atoms with Crippen LogP contribution < -0.4 is 4.74 Å². The Kier molecular flexibility index (Phi) is 3.92. The summed E-state index contributed by atoms with van der Waals surface area (Å²) in [7, 11) is 0. The van der Waals surface area contributed by atoms with Crippen molar-refractivity contribution in [1.29, 1.82) is 0 Å². The molecular formula is C13H16N2O3. The Morgan fingerprint density at radius 1 is 1.39 bits per heavy atom. The number of rotatable bonds is 4. The SMILES string of the molecule is CC1CC=CCC1COc1nccnc1C(=O)O. The van der Waals surface area contributed by atoms with E-state index < -0.39 is 5.97 Å². The molecule has 0 aromatic carbocycles. The predicted octanol–water partition coefficient (Wildman–Crippen LogP) is 2.16. The van der Waals surface area contributed by atoms with Crippen molar-refractivity contribution in [1.82, 2.24) is 9.97 Å². The van der Waals surface area contributed by atoms with E-state index in [9.17, 15) is 4.79 Å². The highest BCUT2D eigenvalue weighted by atomic mass is 16.5. The molecule has 0 radical (unpaired) electrons. The molecule has 1 heterocycles. The first kappa shape index (κ1) is 12.5. The van der Waals surface area contributed by atoms with Gasteiger partial charge in [0, 0.05) is 12.4 Å². The summed E-state index contributed by atoms with van der Waals surface area (Å²) in [4.78, 5) is 18.6. The van der Waals surface area contributed by atoms with Gasteiger partial charge in [0.15, 0.2) is 0 Å². The Balaban J connectivity index is 2.02. The molecule has 2 unspecified atom stereocenters. The lowest BCUT2D eigenvalue weighted by Gasteiger charge is -2.24. The number of aromatic nitrogens is 2. The summed E-state index contributed by atoms with van der Waals surface area (Å²) in [6, 6.07) is 0. The second kappa shape index (κ2) is 5.62. The minimum Gasteiger partial charge on any atom is -0.476 e. The number of carboxylic acid groups (broad SMARTS) is 1. The van der Waals surface area contributed by atoms with Gasteiger partial charge in [-0.25, -0.2) is 14.8 Å². The zero-order chi connectivity index (χ0) is 13.0. The van der Waals surface area contributed by atoms with Crippen molar-refractivity contribution in [3.05, 3.63) is 30.2 Å². The van der Waals surface area contributed by atoms with Crippen LogP contribution in [0.3, 0.4) is 0 Å². The van der Waals surface area contributed by atoms with E-state index in [4.69, 9.17) is 9.84 Å². The van der Waals surface area contributed by atoms with Gasteiger partial charge < -0.3 is 9.84 Å². The number of carboxylic acids is 1. The highest BCUT2D eigenvalue weighted by molar-refractivity contribution is 5.87. The van der Waals surface area contributed by atoms with Crippen molar-refractivity contribution < 1.29 is 14.6 Å². The van der Waals surface area contributed by atoms with Gasteiger partial charge in [0.1, 0.15) is 0 Å². The summed E-state index contributed by atoms with van der Waals surface area (Å²) >= 11 is 0. The molecule has 0 amide bonds. The Morgan fingerprint density at radius 3 is 2.83 bits per heavy atom. The van der Waals surface area contributed by atoms with Crippen LogP contribution in [0.2, 0.25) is 0 Å². The van der Waals surface area contributed by atoms with E-state index >= 15 is 0 Å². The zero-order valence-electron chi connectivity index (χ0n) is 10.2. The topological polar surface area (TPSA) is 72.3 Å². The molecule has 5 heteroatoms. The van der Waals surface area contributed by atoms with Crippen molar-refractivity contribution in [3.63, 3.8) is 0 Å². The number of hydrogen-bond donors (Lipinski definition) is 1. The van der Waals surface area contributed by atoms with Crippen LogP contribution in [-0.2, 0) is 0 Å². The Labute approximate surface area is 106 Å². The van der Waals surface area contributed by atoms with Crippen LogP contribution in [0.5, 0.6) is 5.88 Å². The molecule has 96 valence electrons. The fraction of sp³-hybridized carbons (Fsp3) is 0.462. The van der Waals surface area contributed by atoms with Gasteiger partial charge in [0.25, 0.3) is 0 Å². The first-order chi connectivity index (χ1) is 8.68. The molecule has 1 aliphatic carbocycles. The van der Waals surface area contributed by atoms with Gasteiger partial charge in [-0.3, -0.25) is 0 Å². The van der Waals surface area contributed by atoms with E-state index in [-0.39, 0.29) is 11.6 Å². The van der Waals surface area contributed by atoms with Gasteiger partial charge >= 0.3 is 5.97 Å². The van der Waals surface area contributed by atoms with E-state index in [1.54, 1.807) is 0 Å². The Morgan fingerprint density at radius 2 is 2.11 bits per heavy atom. The maximum absolute atomic E-state index is 10.9. The van der Waals surface area contributed by atoms with Crippen molar-refractivity contribution in [2.45, 2.75) is 19.8 Å². The third-order valence-electron chi connectivity index (χ3n) is 3.22. The molecule has 0 saturated heterocycles. The second-order valence-corrected chi connectivity index (χ2v) is 4.51. The summed E-state index contributed by atoms with van der Waals surface area (Å²) < 4.78 is 5.52. The smallest absolute Gasteiger partial charge is 0.360 e. The number of hydrogen-bond acceptors (Lipinski definition) is 4. The molecule has 1 N–H and O–H groups in total. The predicted molar refractivity (Wildman–Crippen MR) is 65.5 cm³/mol. The quantitative estimate of drug-likeness (QED) is 0.826. The van der Waals surface area contributed by atoms with Crippen LogP contribution in [-0.4, -0.2) is 27.7 Å². The maximum Gasteiger partial charge on any atom is 0.360 e.